The molecule has 0 fully saturated rings. The molecule has 20 heavy (non-hydrogen) atoms. The number of imidazole rings is 1. The van der Waals surface area contributed by atoms with Gasteiger partial charge in [-0.2, -0.15) is 0 Å². The van der Waals surface area contributed by atoms with Gasteiger partial charge in [-0.05, 0) is 19.1 Å². The number of aromatic amines is 1. The third-order valence-electron chi connectivity index (χ3n) is 2.31. The van der Waals surface area contributed by atoms with Crippen molar-refractivity contribution in [3.05, 3.63) is 30.2 Å². The number of phenolic OH excluding ortho intramolecular Hbond substituents is 2. The number of ether oxygens (including phenoxy) is 1. The Labute approximate surface area is 113 Å². The first-order chi connectivity index (χ1) is 9.61. The van der Waals surface area contributed by atoms with E-state index in [1.165, 1.54) is 18.5 Å². The maximum Gasteiger partial charge on any atom is 0.358 e. The van der Waals surface area contributed by atoms with E-state index in [1.54, 1.807) is 6.92 Å². The standard InChI is InChI=1S/C12H12N4O4/c1-2-20-12(19)10-11(14-6-13-10)16-15-8-4-3-7(17)5-9(8)18/h3-6,17-18H,2H2,1H3,(H,13,14). The van der Waals surface area contributed by atoms with Crippen LogP contribution >= 0.6 is 0 Å². The average molecular weight is 276 g/mol. The van der Waals surface area contributed by atoms with Crippen LogP contribution in [0.25, 0.3) is 0 Å². The number of hydrogen-bond donors (Lipinski definition) is 3. The largest absolute Gasteiger partial charge is 0.508 e. The summed E-state index contributed by atoms with van der Waals surface area (Å²) in [7, 11) is 0. The van der Waals surface area contributed by atoms with Gasteiger partial charge in [0.1, 0.15) is 17.2 Å². The number of H-pyrrole nitrogens is 1. The van der Waals surface area contributed by atoms with Crippen LogP contribution in [0.3, 0.4) is 0 Å². The van der Waals surface area contributed by atoms with Gasteiger partial charge >= 0.3 is 5.97 Å². The minimum atomic E-state index is -0.589. The van der Waals surface area contributed by atoms with E-state index in [1.807, 2.05) is 0 Å². The maximum absolute atomic E-state index is 11.6. The molecule has 0 aliphatic heterocycles. The summed E-state index contributed by atoms with van der Waals surface area (Å²) in [5, 5.41) is 26.2. The van der Waals surface area contributed by atoms with Crippen molar-refractivity contribution in [1.29, 1.82) is 0 Å². The highest BCUT2D eigenvalue weighted by molar-refractivity contribution is 5.91. The molecule has 0 aliphatic carbocycles. The number of nitrogens with one attached hydrogen (secondary N) is 1. The predicted molar refractivity (Wildman–Crippen MR) is 68.5 cm³/mol. The smallest absolute Gasteiger partial charge is 0.358 e. The summed E-state index contributed by atoms with van der Waals surface area (Å²) in [5.74, 6) is -0.861. The Kier molecular flexibility index (Phi) is 3.94. The molecule has 1 aromatic heterocycles. The highest BCUT2D eigenvalue weighted by atomic mass is 16.5. The number of carbonyl (C=O) groups is 1. The zero-order valence-electron chi connectivity index (χ0n) is 10.6. The van der Waals surface area contributed by atoms with Crippen molar-refractivity contribution in [3.63, 3.8) is 0 Å². The van der Waals surface area contributed by atoms with Crippen LogP contribution in [0.5, 0.6) is 11.5 Å². The number of phenols is 2. The Bertz CT molecular complexity index is 651. The molecule has 0 aliphatic rings. The second kappa shape index (κ2) is 5.83. The van der Waals surface area contributed by atoms with E-state index in [0.717, 1.165) is 6.07 Å². The number of azo groups is 1. The number of hydrogen-bond acceptors (Lipinski definition) is 7. The summed E-state index contributed by atoms with van der Waals surface area (Å²) < 4.78 is 4.82. The van der Waals surface area contributed by atoms with E-state index >= 15 is 0 Å². The molecule has 0 unspecified atom stereocenters. The van der Waals surface area contributed by atoms with Crippen molar-refractivity contribution >= 4 is 17.5 Å². The summed E-state index contributed by atoms with van der Waals surface area (Å²) in [6.45, 7) is 1.91. The first-order valence-corrected chi connectivity index (χ1v) is 5.76. The second-order valence-electron chi connectivity index (χ2n) is 3.69. The van der Waals surface area contributed by atoms with E-state index in [0.29, 0.717) is 0 Å². The van der Waals surface area contributed by atoms with Crippen molar-refractivity contribution < 1.29 is 19.7 Å². The Morgan fingerprint density at radius 2 is 2.20 bits per heavy atom. The summed E-state index contributed by atoms with van der Waals surface area (Å²) in [6, 6.07) is 3.86. The molecule has 0 amide bonds. The molecule has 0 atom stereocenters. The Morgan fingerprint density at radius 1 is 1.40 bits per heavy atom. The van der Waals surface area contributed by atoms with Crippen molar-refractivity contribution in [1.82, 2.24) is 9.97 Å². The molecule has 0 radical (unpaired) electrons. The van der Waals surface area contributed by atoms with E-state index in [-0.39, 0.29) is 35.3 Å². The molecule has 2 aromatic rings. The molecule has 3 N–H and O–H groups in total. The van der Waals surface area contributed by atoms with Gasteiger partial charge in [0.05, 0.1) is 12.9 Å². The predicted octanol–water partition coefficient (Wildman–Crippen LogP) is 2.41. The summed E-state index contributed by atoms with van der Waals surface area (Å²) >= 11 is 0. The maximum atomic E-state index is 11.6. The second-order valence-corrected chi connectivity index (χ2v) is 3.69. The highest BCUT2D eigenvalue weighted by Crippen LogP contribution is 2.31. The fourth-order valence-electron chi connectivity index (χ4n) is 1.41. The molecular weight excluding hydrogens is 264 g/mol. The molecule has 1 heterocycles. The lowest BCUT2D eigenvalue weighted by atomic mass is 10.3. The van der Waals surface area contributed by atoms with Gasteiger partial charge in [-0.3, -0.25) is 0 Å². The normalized spacial score (nSPS) is 10.8. The van der Waals surface area contributed by atoms with Crippen molar-refractivity contribution in [3.8, 4) is 11.5 Å². The molecule has 0 saturated carbocycles. The van der Waals surface area contributed by atoms with Gasteiger partial charge in [0.25, 0.3) is 0 Å². The lowest BCUT2D eigenvalue weighted by Gasteiger charge is -1.99. The summed E-state index contributed by atoms with van der Waals surface area (Å²) in [4.78, 5) is 18.0. The molecule has 104 valence electrons. The number of aromatic nitrogens is 2. The average Bonchev–Trinajstić information content (AvgIpc) is 2.86. The van der Waals surface area contributed by atoms with Gasteiger partial charge < -0.3 is 19.9 Å². The van der Waals surface area contributed by atoms with Gasteiger partial charge in [-0.15, -0.1) is 10.2 Å². The minimum Gasteiger partial charge on any atom is -0.508 e. The fourth-order valence-corrected chi connectivity index (χ4v) is 1.41. The Balaban J connectivity index is 2.24. The molecule has 0 spiro atoms. The minimum absolute atomic E-state index is 0.0518. The van der Waals surface area contributed by atoms with E-state index < -0.39 is 5.97 Å². The lowest BCUT2D eigenvalue weighted by molar-refractivity contribution is 0.0521. The highest BCUT2D eigenvalue weighted by Gasteiger charge is 2.15. The molecule has 0 bridgehead atoms. The van der Waals surface area contributed by atoms with Gasteiger partial charge in [0.15, 0.2) is 5.69 Å². The zero-order chi connectivity index (χ0) is 14.5. The molecule has 1 aromatic carbocycles. The molecule has 8 nitrogen and oxygen atoms in total. The van der Waals surface area contributed by atoms with Crippen LogP contribution in [-0.2, 0) is 4.74 Å². The Hall–Kier alpha value is -2.90. The quantitative estimate of drug-likeness (QED) is 0.585. The van der Waals surface area contributed by atoms with Crippen LogP contribution in [0.2, 0.25) is 0 Å². The first-order valence-electron chi connectivity index (χ1n) is 5.76. The van der Waals surface area contributed by atoms with E-state index in [2.05, 4.69) is 20.2 Å². The fraction of sp³-hybridized carbons (Fsp3) is 0.167. The van der Waals surface area contributed by atoms with Crippen molar-refractivity contribution in [2.45, 2.75) is 6.92 Å². The molecule has 0 saturated heterocycles. The zero-order valence-corrected chi connectivity index (χ0v) is 10.6. The first kappa shape index (κ1) is 13.5. The topological polar surface area (TPSA) is 120 Å². The number of aromatic hydroxyl groups is 2. The van der Waals surface area contributed by atoms with Crippen molar-refractivity contribution in [2.75, 3.05) is 6.61 Å². The van der Waals surface area contributed by atoms with Gasteiger partial charge in [0, 0.05) is 6.07 Å². The summed E-state index contributed by atoms with van der Waals surface area (Å²) in [5.41, 5.74) is 0.217. The van der Waals surface area contributed by atoms with Crippen LogP contribution < -0.4 is 0 Å². The van der Waals surface area contributed by atoms with Crippen LogP contribution in [0.1, 0.15) is 17.4 Å². The third-order valence-corrected chi connectivity index (χ3v) is 2.31. The SMILES string of the molecule is CCOC(=O)c1[nH]cnc1N=Nc1ccc(O)cc1O. The van der Waals surface area contributed by atoms with Gasteiger partial charge in [0.2, 0.25) is 5.82 Å². The van der Waals surface area contributed by atoms with Gasteiger partial charge in [-0.25, -0.2) is 9.78 Å². The van der Waals surface area contributed by atoms with E-state index in [4.69, 9.17) is 9.84 Å². The number of benzene rings is 1. The molecule has 2 rings (SSSR count). The van der Waals surface area contributed by atoms with Crippen LogP contribution in [0.4, 0.5) is 11.5 Å². The number of esters is 1. The number of nitrogens with zero attached hydrogens (tertiary/aromatic N) is 3. The third kappa shape index (κ3) is 2.91. The van der Waals surface area contributed by atoms with E-state index in [9.17, 15) is 9.90 Å². The van der Waals surface area contributed by atoms with Gasteiger partial charge in [-0.1, -0.05) is 0 Å². The van der Waals surface area contributed by atoms with Crippen LogP contribution in [0, 0.1) is 0 Å². The summed E-state index contributed by atoms with van der Waals surface area (Å²) in [6.07, 6.45) is 1.29. The number of rotatable bonds is 4. The van der Waals surface area contributed by atoms with Crippen LogP contribution in [-0.4, -0.2) is 32.8 Å². The molecule has 8 heteroatoms. The Morgan fingerprint density at radius 3 is 2.90 bits per heavy atom. The van der Waals surface area contributed by atoms with Crippen LogP contribution in [0.15, 0.2) is 34.8 Å². The number of carbonyl (C=O) groups excluding carboxylic acids is 1. The monoisotopic (exact) mass is 276 g/mol. The van der Waals surface area contributed by atoms with Crippen molar-refractivity contribution in [2.24, 2.45) is 10.2 Å². The lowest BCUT2D eigenvalue weighted by Crippen LogP contribution is -2.04. The molecular formula is C12H12N4O4.